The zero-order valence-corrected chi connectivity index (χ0v) is 20.3. The lowest BCUT2D eigenvalue weighted by atomic mass is 10.1. The fourth-order valence-corrected chi connectivity index (χ4v) is 4.61. The number of ether oxygens (including phenoxy) is 2. The first-order valence-electron chi connectivity index (χ1n) is 9.64. The zero-order valence-electron chi connectivity index (χ0n) is 17.2. The van der Waals surface area contributed by atoms with Gasteiger partial charge < -0.3 is 9.47 Å². The monoisotopic (exact) mass is 547 g/mol. The Morgan fingerprint density at radius 2 is 1.88 bits per heavy atom. The highest BCUT2D eigenvalue weighted by atomic mass is 79.9. The molecule has 1 aliphatic rings. The molecule has 0 spiro atoms. The number of amides is 2. The van der Waals surface area contributed by atoms with Crippen molar-refractivity contribution in [3.05, 3.63) is 92.0 Å². The minimum absolute atomic E-state index is 0.0212. The van der Waals surface area contributed by atoms with Gasteiger partial charge >= 0.3 is 0 Å². The van der Waals surface area contributed by atoms with Gasteiger partial charge in [0, 0.05) is 15.1 Å². The number of anilines is 1. The van der Waals surface area contributed by atoms with Gasteiger partial charge in [-0.25, -0.2) is 9.29 Å². The van der Waals surface area contributed by atoms with Crippen molar-refractivity contribution in [3.8, 4) is 11.5 Å². The van der Waals surface area contributed by atoms with Gasteiger partial charge in [0.1, 0.15) is 12.4 Å². The van der Waals surface area contributed by atoms with Crippen LogP contribution in [0.1, 0.15) is 11.1 Å². The summed E-state index contributed by atoms with van der Waals surface area (Å²) in [6.45, 7) is 0.0212. The summed E-state index contributed by atoms with van der Waals surface area (Å²) in [6.07, 6.45) is 1.60. The van der Waals surface area contributed by atoms with Crippen molar-refractivity contribution in [2.75, 3.05) is 12.0 Å². The predicted molar refractivity (Wildman–Crippen MR) is 131 cm³/mol. The van der Waals surface area contributed by atoms with Gasteiger partial charge in [0.25, 0.3) is 11.1 Å². The molecule has 0 unspecified atom stereocenters. The molecule has 168 valence electrons. The third-order valence-electron chi connectivity index (χ3n) is 4.77. The van der Waals surface area contributed by atoms with Crippen molar-refractivity contribution in [2.45, 2.75) is 6.61 Å². The minimum atomic E-state index is -0.446. The highest BCUT2D eigenvalue weighted by Gasteiger charge is 2.36. The number of hydrogen-bond donors (Lipinski definition) is 0. The van der Waals surface area contributed by atoms with Crippen molar-refractivity contribution >= 4 is 62.2 Å². The standard InChI is InChI=1S/C24H16BrClFNO4S/c1-31-20-9-15(18(25)12-21(20)32-13-14-5-2-3-8-19(14)27)10-22-23(29)28(24(30)33-22)17-7-4-6-16(26)11-17/h2-12H,13H2,1H3/b22-10+. The van der Waals surface area contributed by atoms with Crippen LogP contribution in [0.5, 0.6) is 11.5 Å². The highest BCUT2D eigenvalue weighted by molar-refractivity contribution is 9.10. The van der Waals surface area contributed by atoms with Crippen molar-refractivity contribution < 1.29 is 23.5 Å². The van der Waals surface area contributed by atoms with E-state index < -0.39 is 11.1 Å². The summed E-state index contributed by atoms with van der Waals surface area (Å²) >= 11 is 10.3. The van der Waals surface area contributed by atoms with Crippen LogP contribution in [0.4, 0.5) is 14.9 Å². The summed E-state index contributed by atoms with van der Waals surface area (Å²) in [7, 11) is 1.48. The summed E-state index contributed by atoms with van der Waals surface area (Å²) in [4.78, 5) is 26.8. The first-order valence-corrected chi connectivity index (χ1v) is 11.6. The van der Waals surface area contributed by atoms with E-state index in [2.05, 4.69) is 15.9 Å². The molecule has 0 saturated carbocycles. The smallest absolute Gasteiger partial charge is 0.298 e. The number of carbonyl (C=O) groups is 2. The van der Waals surface area contributed by atoms with E-state index in [1.807, 2.05) is 0 Å². The van der Waals surface area contributed by atoms with Crippen LogP contribution < -0.4 is 14.4 Å². The maximum atomic E-state index is 13.9. The minimum Gasteiger partial charge on any atom is -0.493 e. The second-order valence-electron chi connectivity index (χ2n) is 6.90. The van der Waals surface area contributed by atoms with E-state index in [4.69, 9.17) is 21.1 Å². The second kappa shape index (κ2) is 9.99. The first-order chi connectivity index (χ1) is 15.9. The lowest BCUT2D eigenvalue weighted by Gasteiger charge is -2.14. The van der Waals surface area contributed by atoms with Gasteiger partial charge in [-0.15, -0.1) is 0 Å². The van der Waals surface area contributed by atoms with Crippen LogP contribution in [0.15, 0.2) is 70.0 Å². The highest BCUT2D eigenvalue weighted by Crippen LogP contribution is 2.40. The summed E-state index contributed by atoms with van der Waals surface area (Å²) in [5, 5.41) is 0.00966. The summed E-state index contributed by atoms with van der Waals surface area (Å²) in [5.41, 5.74) is 1.43. The number of hydrogen-bond acceptors (Lipinski definition) is 5. The van der Waals surface area contributed by atoms with Crippen LogP contribution in [-0.4, -0.2) is 18.3 Å². The van der Waals surface area contributed by atoms with Crippen LogP contribution in [0, 0.1) is 5.82 Å². The average molecular weight is 549 g/mol. The Morgan fingerprint density at radius 3 is 2.61 bits per heavy atom. The molecule has 0 aliphatic carbocycles. The quantitative estimate of drug-likeness (QED) is 0.308. The number of carbonyl (C=O) groups excluding carboxylic acids is 2. The SMILES string of the molecule is COc1cc(/C=C2/SC(=O)N(c3cccc(Cl)c3)C2=O)c(Br)cc1OCc1ccccc1F. The number of halogens is 3. The fraction of sp³-hybridized carbons (Fsp3) is 0.0833. The van der Waals surface area contributed by atoms with E-state index in [0.29, 0.717) is 37.8 Å². The van der Waals surface area contributed by atoms with Crippen LogP contribution in [0.25, 0.3) is 6.08 Å². The first kappa shape index (κ1) is 23.4. The Labute approximate surface area is 207 Å². The molecule has 0 radical (unpaired) electrons. The molecule has 33 heavy (non-hydrogen) atoms. The normalized spacial score (nSPS) is 14.8. The van der Waals surface area contributed by atoms with E-state index in [1.54, 1.807) is 60.7 Å². The van der Waals surface area contributed by atoms with Gasteiger partial charge in [-0.2, -0.15) is 0 Å². The van der Waals surface area contributed by atoms with E-state index in [0.717, 1.165) is 16.7 Å². The third-order valence-corrected chi connectivity index (χ3v) is 6.56. The lowest BCUT2D eigenvalue weighted by molar-refractivity contribution is -0.113. The molecule has 0 aromatic heterocycles. The molecule has 1 aliphatic heterocycles. The summed E-state index contributed by atoms with van der Waals surface area (Å²) in [6, 6.07) is 16.2. The average Bonchev–Trinajstić information content (AvgIpc) is 3.07. The van der Waals surface area contributed by atoms with Crippen molar-refractivity contribution in [2.24, 2.45) is 0 Å². The molecular formula is C24H16BrClFNO4S. The Kier molecular flexibility index (Phi) is 7.07. The van der Waals surface area contributed by atoms with Gasteiger partial charge in [-0.05, 0) is 59.8 Å². The predicted octanol–water partition coefficient (Wildman–Crippen LogP) is 7.07. The van der Waals surface area contributed by atoms with Gasteiger partial charge in [0.2, 0.25) is 0 Å². The molecule has 0 bridgehead atoms. The third kappa shape index (κ3) is 5.08. The van der Waals surface area contributed by atoms with Gasteiger partial charge in [-0.1, -0.05) is 51.8 Å². The van der Waals surface area contributed by atoms with Gasteiger partial charge in [-0.3, -0.25) is 9.59 Å². The maximum Gasteiger partial charge on any atom is 0.298 e. The van der Waals surface area contributed by atoms with Gasteiger partial charge in [0.05, 0.1) is 17.7 Å². The topological polar surface area (TPSA) is 55.8 Å². The second-order valence-corrected chi connectivity index (χ2v) is 9.19. The number of benzene rings is 3. The van der Waals surface area contributed by atoms with E-state index in [9.17, 15) is 14.0 Å². The van der Waals surface area contributed by atoms with Crippen LogP contribution in [-0.2, 0) is 11.4 Å². The Bertz CT molecular complexity index is 1280. The summed E-state index contributed by atoms with van der Waals surface area (Å²) < 4.78 is 25.7. The molecule has 5 nitrogen and oxygen atoms in total. The van der Waals surface area contributed by atoms with Crippen LogP contribution in [0.3, 0.4) is 0 Å². The summed E-state index contributed by atoms with van der Waals surface area (Å²) in [5.74, 6) is -0.00716. The fourth-order valence-electron chi connectivity index (χ4n) is 3.15. The number of rotatable bonds is 6. The van der Waals surface area contributed by atoms with E-state index in [-0.39, 0.29) is 17.3 Å². The molecule has 3 aromatic carbocycles. The number of methoxy groups -OCH3 is 1. The molecule has 1 saturated heterocycles. The largest absolute Gasteiger partial charge is 0.493 e. The van der Waals surface area contributed by atoms with Crippen LogP contribution in [0.2, 0.25) is 5.02 Å². The van der Waals surface area contributed by atoms with Crippen molar-refractivity contribution in [1.82, 2.24) is 0 Å². The molecule has 0 atom stereocenters. The van der Waals surface area contributed by atoms with Crippen molar-refractivity contribution in [1.29, 1.82) is 0 Å². The number of nitrogens with zero attached hydrogens (tertiary/aromatic N) is 1. The Morgan fingerprint density at radius 1 is 1.09 bits per heavy atom. The van der Waals surface area contributed by atoms with Crippen LogP contribution >= 0.6 is 39.3 Å². The zero-order chi connectivity index (χ0) is 23.5. The lowest BCUT2D eigenvalue weighted by Crippen LogP contribution is -2.27. The molecule has 4 rings (SSSR count). The van der Waals surface area contributed by atoms with Crippen molar-refractivity contribution in [3.63, 3.8) is 0 Å². The van der Waals surface area contributed by atoms with Gasteiger partial charge in [0.15, 0.2) is 11.5 Å². The van der Waals surface area contributed by atoms with E-state index >= 15 is 0 Å². The van der Waals surface area contributed by atoms with E-state index in [1.165, 1.54) is 13.2 Å². The Hall–Kier alpha value is -2.81. The molecule has 1 fully saturated rings. The molecular weight excluding hydrogens is 533 g/mol. The maximum absolute atomic E-state index is 13.9. The Balaban J connectivity index is 1.60. The number of imide groups is 1. The molecule has 0 N–H and O–H groups in total. The molecule has 9 heteroatoms. The molecule has 3 aromatic rings. The molecule has 1 heterocycles. The number of thioether (sulfide) groups is 1. The molecule has 2 amide bonds.